The highest BCUT2D eigenvalue weighted by atomic mass is 35.5. The third-order valence-electron chi connectivity index (χ3n) is 2.98. The summed E-state index contributed by atoms with van der Waals surface area (Å²) in [5.41, 5.74) is -0.962. The zero-order valence-electron chi connectivity index (χ0n) is 8.87. The molecule has 2 atom stereocenters. The van der Waals surface area contributed by atoms with Crippen LogP contribution in [0, 0.1) is 0 Å². The average Bonchev–Trinajstić information content (AvgIpc) is 2.74. The Morgan fingerprint density at radius 1 is 1.53 bits per heavy atom. The van der Waals surface area contributed by atoms with Crippen LogP contribution in [0.5, 0.6) is 0 Å². The lowest BCUT2D eigenvalue weighted by Crippen LogP contribution is -2.51. The first-order valence-electron chi connectivity index (χ1n) is 4.63. The van der Waals surface area contributed by atoms with Crippen LogP contribution in [-0.2, 0) is 19.0 Å². The quantitative estimate of drug-likeness (QED) is 0.685. The summed E-state index contributed by atoms with van der Waals surface area (Å²) >= 11 is 0. The second-order valence-electron chi connectivity index (χ2n) is 4.02. The smallest absolute Gasteiger partial charge is 0.339 e. The molecule has 0 saturated carbocycles. The SMILES string of the molecule is COCC12COC(C(=O)OC)(CN1)C2.Cl. The van der Waals surface area contributed by atoms with Crippen molar-refractivity contribution < 1.29 is 19.0 Å². The maximum absolute atomic E-state index is 11.5. The van der Waals surface area contributed by atoms with Crippen LogP contribution < -0.4 is 5.32 Å². The molecule has 0 spiro atoms. The van der Waals surface area contributed by atoms with Gasteiger partial charge in [0.25, 0.3) is 0 Å². The van der Waals surface area contributed by atoms with E-state index in [1.807, 2.05) is 0 Å². The fourth-order valence-corrected chi connectivity index (χ4v) is 2.29. The summed E-state index contributed by atoms with van der Waals surface area (Å²) in [5, 5.41) is 3.28. The highest BCUT2D eigenvalue weighted by Gasteiger charge is 2.60. The fraction of sp³-hybridized carbons (Fsp3) is 0.889. The summed E-state index contributed by atoms with van der Waals surface area (Å²) in [7, 11) is 3.03. The number of carbonyl (C=O) groups is 1. The lowest BCUT2D eigenvalue weighted by molar-refractivity contribution is -0.164. The van der Waals surface area contributed by atoms with Crippen LogP contribution in [0.1, 0.15) is 6.42 Å². The Kier molecular flexibility index (Phi) is 3.60. The molecule has 2 unspecified atom stereocenters. The molecule has 2 bridgehead atoms. The number of fused-ring (bicyclic) bond motifs is 2. The molecule has 1 N–H and O–H groups in total. The molecule has 2 heterocycles. The second kappa shape index (κ2) is 4.25. The molecule has 0 aromatic heterocycles. The number of ether oxygens (including phenoxy) is 3. The Labute approximate surface area is 94.9 Å². The second-order valence-corrected chi connectivity index (χ2v) is 4.02. The van der Waals surface area contributed by atoms with Gasteiger partial charge < -0.3 is 19.5 Å². The number of methoxy groups -OCH3 is 2. The zero-order chi connectivity index (χ0) is 10.2. The lowest BCUT2D eigenvalue weighted by atomic mass is 9.95. The van der Waals surface area contributed by atoms with Gasteiger partial charge in [0.15, 0.2) is 5.60 Å². The molecule has 2 saturated heterocycles. The van der Waals surface area contributed by atoms with E-state index < -0.39 is 5.60 Å². The first kappa shape index (κ1) is 12.7. The van der Waals surface area contributed by atoms with E-state index in [0.29, 0.717) is 26.2 Å². The Morgan fingerprint density at radius 3 is 2.73 bits per heavy atom. The van der Waals surface area contributed by atoms with Crippen LogP contribution in [0.2, 0.25) is 0 Å². The molecule has 0 aromatic rings. The van der Waals surface area contributed by atoms with E-state index >= 15 is 0 Å². The first-order valence-corrected chi connectivity index (χ1v) is 4.63. The zero-order valence-corrected chi connectivity index (χ0v) is 9.69. The van der Waals surface area contributed by atoms with Crippen molar-refractivity contribution in [2.75, 3.05) is 34.0 Å². The standard InChI is InChI=1S/C9H15NO4.ClH/c1-12-5-8-3-9(4-10-8,14-6-8)7(11)13-2;/h10H,3-6H2,1-2H3;1H. The van der Waals surface area contributed by atoms with E-state index in [1.165, 1.54) is 7.11 Å². The maximum Gasteiger partial charge on any atom is 0.339 e. The molecule has 0 amide bonds. The van der Waals surface area contributed by atoms with E-state index in [-0.39, 0.29) is 23.9 Å². The molecule has 2 fully saturated rings. The van der Waals surface area contributed by atoms with Gasteiger partial charge in [-0.3, -0.25) is 0 Å². The van der Waals surface area contributed by atoms with E-state index in [1.54, 1.807) is 7.11 Å². The highest BCUT2D eigenvalue weighted by molar-refractivity contribution is 5.85. The van der Waals surface area contributed by atoms with Gasteiger partial charge >= 0.3 is 5.97 Å². The summed E-state index contributed by atoms with van der Waals surface area (Å²) in [6, 6.07) is 0. The van der Waals surface area contributed by atoms with Gasteiger partial charge in [0.2, 0.25) is 0 Å². The van der Waals surface area contributed by atoms with Gasteiger partial charge in [-0.2, -0.15) is 0 Å². The van der Waals surface area contributed by atoms with Gasteiger partial charge in [-0.25, -0.2) is 4.79 Å². The average molecular weight is 238 g/mol. The van der Waals surface area contributed by atoms with E-state index in [0.717, 1.165) is 0 Å². The van der Waals surface area contributed by atoms with Crippen molar-refractivity contribution in [3.8, 4) is 0 Å². The molecular weight excluding hydrogens is 222 g/mol. The molecule has 5 nitrogen and oxygen atoms in total. The predicted molar refractivity (Wildman–Crippen MR) is 55.2 cm³/mol. The summed E-state index contributed by atoms with van der Waals surface area (Å²) in [6.45, 7) is 1.59. The minimum atomic E-state index is -0.771. The number of rotatable bonds is 3. The third-order valence-corrected chi connectivity index (χ3v) is 2.98. The molecule has 2 aliphatic rings. The number of morpholine rings is 1. The minimum Gasteiger partial charge on any atom is -0.467 e. The maximum atomic E-state index is 11.5. The van der Waals surface area contributed by atoms with Gasteiger partial charge in [0.05, 0.1) is 25.9 Å². The Hall–Kier alpha value is -0.360. The largest absolute Gasteiger partial charge is 0.467 e. The molecule has 0 radical (unpaired) electrons. The topological polar surface area (TPSA) is 56.8 Å². The first-order chi connectivity index (χ1) is 6.66. The van der Waals surface area contributed by atoms with Crippen molar-refractivity contribution in [2.45, 2.75) is 17.6 Å². The van der Waals surface area contributed by atoms with Crippen molar-refractivity contribution in [3.63, 3.8) is 0 Å². The monoisotopic (exact) mass is 237 g/mol. The van der Waals surface area contributed by atoms with Gasteiger partial charge in [0, 0.05) is 20.1 Å². The number of hydrogen-bond donors (Lipinski definition) is 1. The molecule has 6 heteroatoms. The van der Waals surface area contributed by atoms with Crippen LogP contribution in [0.4, 0.5) is 0 Å². The molecule has 15 heavy (non-hydrogen) atoms. The van der Waals surface area contributed by atoms with Gasteiger partial charge in [-0.05, 0) is 0 Å². The number of carbonyl (C=O) groups excluding carboxylic acids is 1. The lowest BCUT2D eigenvalue weighted by Gasteiger charge is -2.27. The molecule has 0 aromatic carbocycles. The van der Waals surface area contributed by atoms with Crippen LogP contribution >= 0.6 is 12.4 Å². The Morgan fingerprint density at radius 2 is 2.27 bits per heavy atom. The number of nitrogens with one attached hydrogen (secondary N) is 1. The van der Waals surface area contributed by atoms with Gasteiger partial charge in [-0.15, -0.1) is 12.4 Å². The third kappa shape index (κ3) is 1.85. The Balaban J connectivity index is 0.00000112. The van der Waals surface area contributed by atoms with Crippen LogP contribution in [0.15, 0.2) is 0 Å². The van der Waals surface area contributed by atoms with E-state index in [2.05, 4.69) is 5.32 Å². The number of hydrogen-bond acceptors (Lipinski definition) is 5. The van der Waals surface area contributed by atoms with Crippen molar-refractivity contribution >= 4 is 18.4 Å². The van der Waals surface area contributed by atoms with Crippen molar-refractivity contribution in [1.29, 1.82) is 0 Å². The fourth-order valence-electron chi connectivity index (χ4n) is 2.29. The summed E-state index contributed by atoms with van der Waals surface area (Å²) in [4.78, 5) is 11.5. The number of halogens is 1. The Bertz CT molecular complexity index is 250. The van der Waals surface area contributed by atoms with Crippen molar-refractivity contribution in [2.24, 2.45) is 0 Å². The van der Waals surface area contributed by atoms with Gasteiger partial charge in [0.1, 0.15) is 0 Å². The summed E-state index contributed by atoms with van der Waals surface area (Å²) in [6.07, 6.45) is 0.639. The van der Waals surface area contributed by atoms with Crippen LogP contribution in [0.25, 0.3) is 0 Å². The minimum absolute atomic E-state index is 0. The molecule has 2 rings (SSSR count). The summed E-state index contributed by atoms with van der Waals surface area (Å²) in [5.74, 6) is -0.291. The molecule has 2 aliphatic heterocycles. The number of esters is 1. The molecule has 88 valence electrons. The predicted octanol–water partition coefficient (Wildman–Crippen LogP) is -0.271. The van der Waals surface area contributed by atoms with E-state index in [9.17, 15) is 4.79 Å². The van der Waals surface area contributed by atoms with Crippen LogP contribution in [-0.4, -0.2) is 51.1 Å². The van der Waals surface area contributed by atoms with Gasteiger partial charge in [-0.1, -0.05) is 0 Å². The summed E-state index contributed by atoms with van der Waals surface area (Å²) < 4.78 is 15.4. The highest BCUT2D eigenvalue weighted by Crippen LogP contribution is 2.39. The normalized spacial score (nSPS) is 37.5. The van der Waals surface area contributed by atoms with Crippen molar-refractivity contribution in [3.05, 3.63) is 0 Å². The van der Waals surface area contributed by atoms with Crippen molar-refractivity contribution in [1.82, 2.24) is 5.32 Å². The van der Waals surface area contributed by atoms with E-state index in [4.69, 9.17) is 14.2 Å². The molecular formula is C9H16ClNO4. The van der Waals surface area contributed by atoms with Crippen LogP contribution in [0.3, 0.4) is 0 Å². The molecule has 0 aliphatic carbocycles.